The third-order valence-corrected chi connectivity index (χ3v) is 3.78. The topological polar surface area (TPSA) is 42.3 Å². The molecule has 0 saturated carbocycles. The molecular formula is C15H30N4O. The number of ether oxygens (including phenoxy) is 1. The number of aromatic nitrogens is 2. The van der Waals surface area contributed by atoms with Crippen molar-refractivity contribution in [1.82, 2.24) is 20.0 Å². The number of hydrogen-bond donors (Lipinski definition) is 1. The Labute approximate surface area is 123 Å². The molecule has 5 nitrogen and oxygen atoms in total. The minimum Gasteiger partial charge on any atom is -0.481 e. The number of rotatable bonds is 9. The van der Waals surface area contributed by atoms with Crippen LogP contribution in [0.2, 0.25) is 0 Å². The molecule has 1 N–H and O–H groups in total. The Morgan fingerprint density at radius 1 is 1.35 bits per heavy atom. The van der Waals surface area contributed by atoms with E-state index in [1.165, 1.54) is 12.8 Å². The summed E-state index contributed by atoms with van der Waals surface area (Å²) >= 11 is 0. The van der Waals surface area contributed by atoms with Gasteiger partial charge in [0.05, 0.1) is 18.4 Å². The van der Waals surface area contributed by atoms with Crippen molar-refractivity contribution < 1.29 is 4.74 Å². The van der Waals surface area contributed by atoms with Gasteiger partial charge in [0.15, 0.2) is 0 Å². The van der Waals surface area contributed by atoms with Crippen molar-refractivity contribution in [2.24, 2.45) is 7.05 Å². The van der Waals surface area contributed by atoms with E-state index in [2.05, 4.69) is 36.2 Å². The van der Waals surface area contributed by atoms with Gasteiger partial charge in [-0.3, -0.25) is 0 Å². The zero-order valence-corrected chi connectivity index (χ0v) is 13.9. The first-order chi connectivity index (χ1) is 9.47. The summed E-state index contributed by atoms with van der Waals surface area (Å²) in [6, 6.07) is 0.630. The van der Waals surface area contributed by atoms with E-state index >= 15 is 0 Å². The van der Waals surface area contributed by atoms with E-state index in [0.29, 0.717) is 6.04 Å². The SMILES string of the molecule is COc1c(CNCCCCN(C)C(C)C)c(C)nn1C. The van der Waals surface area contributed by atoms with E-state index in [0.717, 1.165) is 36.8 Å². The van der Waals surface area contributed by atoms with Crippen molar-refractivity contribution in [1.29, 1.82) is 0 Å². The summed E-state index contributed by atoms with van der Waals surface area (Å²) in [5.41, 5.74) is 2.20. The van der Waals surface area contributed by atoms with Gasteiger partial charge >= 0.3 is 0 Å². The van der Waals surface area contributed by atoms with Crippen LogP contribution in [-0.4, -0.2) is 48.0 Å². The summed E-state index contributed by atoms with van der Waals surface area (Å²) in [4.78, 5) is 2.38. The quantitative estimate of drug-likeness (QED) is 0.703. The van der Waals surface area contributed by atoms with E-state index in [-0.39, 0.29) is 0 Å². The van der Waals surface area contributed by atoms with Crippen molar-refractivity contribution in [3.63, 3.8) is 0 Å². The minimum atomic E-state index is 0.630. The summed E-state index contributed by atoms with van der Waals surface area (Å²) in [6.45, 7) is 9.50. The predicted octanol–water partition coefficient (Wildman–Crippen LogP) is 1.95. The van der Waals surface area contributed by atoms with Crippen LogP contribution in [0.1, 0.15) is 37.9 Å². The lowest BCUT2D eigenvalue weighted by Crippen LogP contribution is -2.27. The van der Waals surface area contributed by atoms with Gasteiger partial charge in [0.25, 0.3) is 0 Å². The molecule has 5 heteroatoms. The van der Waals surface area contributed by atoms with E-state index in [9.17, 15) is 0 Å². The smallest absolute Gasteiger partial charge is 0.216 e. The Morgan fingerprint density at radius 2 is 2.05 bits per heavy atom. The van der Waals surface area contributed by atoms with Gasteiger partial charge in [0.1, 0.15) is 0 Å². The summed E-state index contributed by atoms with van der Waals surface area (Å²) in [5.74, 6) is 0.856. The maximum absolute atomic E-state index is 5.39. The fourth-order valence-electron chi connectivity index (χ4n) is 2.22. The average Bonchev–Trinajstić information content (AvgIpc) is 2.67. The molecule has 0 unspecified atom stereocenters. The van der Waals surface area contributed by atoms with Crippen LogP contribution in [-0.2, 0) is 13.6 Å². The van der Waals surface area contributed by atoms with Gasteiger partial charge in [0.2, 0.25) is 5.88 Å². The van der Waals surface area contributed by atoms with Crippen LogP contribution in [0.5, 0.6) is 5.88 Å². The number of methoxy groups -OCH3 is 1. The molecule has 0 fully saturated rings. The molecule has 0 aliphatic carbocycles. The van der Waals surface area contributed by atoms with Crippen LogP contribution in [0.25, 0.3) is 0 Å². The number of unbranched alkanes of at least 4 members (excludes halogenated alkanes) is 1. The predicted molar refractivity (Wildman–Crippen MR) is 83.2 cm³/mol. The normalized spacial score (nSPS) is 11.6. The fourth-order valence-corrected chi connectivity index (χ4v) is 2.22. The van der Waals surface area contributed by atoms with E-state index < -0.39 is 0 Å². The van der Waals surface area contributed by atoms with Gasteiger partial charge in [0, 0.05) is 19.6 Å². The van der Waals surface area contributed by atoms with Crippen LogP contribution in [0.15, 0.2) is 0 Å². The highest BCUT2D eigenvalue weighted by Crippen LogP contribution is 2.20. The maximum Gasteiger partial charge on any atom is 0.216 e. The Hall–Kier alpha value is -1.07. The first-order valence-electron chi connectivity index (χ1n) is 7.44. The summed E-state index contributed by atoms with van der Waals surface area (Å²) in [7, 11) is 5.79. The van der Waals surface area contributed by atoms with Gasteiger partial charge in [-0.05, 0) is 53.8 Å². The third-order valence-electron chi connectivity index (χ3n) is 3.78. The molecule has 0 spiro atoms. The van der Waals surface area contributed by atoms with Gasteiger partial charge in [-0.15, -0.1) is 0 Å². The lowest BCUT2D eigenvalue weighted by Gasteiger charge is -2.20. The molecule has 1 aromatic rings. The van der Waals surface area contributed by atoms with Crippen LogP contribution < -0.4 is 10.1 Å². The summed E-state index contributed by atoms with van der Waals surface area (Å²) in [6.07, 6.45) is 2.42. The second-order valence-corrected chi connectivity index (χ2v) is 5.66. The first-order valence-corrected chi connectivity index (χ1v) is 7.44. The lowest BCUT2D eigenvalue weighted by molar-refractivity contribution is 0.268. The monoisotopic (exact) mass is 282 g/mol. The lowest BCUT2D eigenvalue weighted by atomic mass is 10.2. The third kappa shape index (κ3) is 4.80. The molecule has 0 saturated heterocycles. The molecule has 1 heterocycles. The first kappa shape index (κ1) is 17.0. The molecule has 0 aliphatic heterocycles. The second-order valence-electron chi connectivity index (χ2n) is 5.66. The molecular weight excluding hydrogens is 252 g/mol. The Kier molecular flexibility index (Phi) is 7.02. The molecule has 1 aromatic heterocycles. The number of aryl methyl sites for hydroxylation is 2. The van der Waals surface area contributed by atoms with E-state index in [4.69, 9.17) is 4.74 Å². The average molecular weight is 282 g/mol. The van der Waals surface area contributed by atoms with Crippen molar-refractivity contribution in [2.45, 2.75) is 46.2 Å². The minimum absolute atomic E-state index is 0.630. The van der Waals surface area contributed by atoms with Crippen molar-refractivity contribution in [2.75, 3.05) is 27.2 Å². The largest absolute Gasteiger partial charge is 0.481 e. The van der Waals surface area contributed by atoms with Crippen LogP contribution >= 0.6 is 0 Å². The van der Waals surface area contributed by atoms with Gasteiger partial charge < -0.3 is 15.0 Å². The van der Waals surface area contributed by atoms with Gasteiger partial charge in [-0.25, -0.2) is 4.68 Å². The molecule has 20 heavy (non-hydrogen) atoms. The van der Waals surface area contributed by atoms with E-state index in [1.807, 2.05) is 14.0 Å². The Morgan fingerprint density at radius 3 is 2.65 bits per heavy atom. The zero-order valence-electron chi connectivity index (χ0n) is 13.9. The van der Waals surface area contributed by atoms with E-state index in [1.54, 1.807) is 11.8 Å². The molecule has 0 amide bonds. The Bertz CT molecular complexity index is 401. The zero-order chi connectivity index (χ0) is 15.1. The number of nitrogens with zero attached hydrogens (tertiary/aromatic N) is 3. The van der Waals surface area contributed by atoms with Crippen LogP contribution in [0.3, 0.4) is 0 Å². The van der Waals surface area contributed by atoms with Crippen LogP contribution in [0, 0.1) is 6.92 Å². The highest BCUT2D eigenvalue weighted by Gasteiger charge is 2.12. The highest BCUT2D eigenvalue weighted by molar-refractivity contribution is 5.30. The molecule has 1 rings (SSSR count). The molecule has 0 aromatic carbocycles. The second kappa shape index (κ2) is 8.27. The molecule has 0 atom stereocenters. The van der Waals surface area contributed by atoms with Gasteiger partial charge in [-0.1, -0.05) is 0 Å². The van der Waals surface area contributed by atoms with Crippen molar-refractivity contribution in [3.8, 4) is 5.88 Å². The number of nitrogens with one attached hydrogen (secondary N) is 1. The Balaban J connectivity index is 2.25. The summed E-state index contributed by atoms with van der Waals surface area (Å²) in [5, 5.41) is 7.87. The molecule has 116 valence electrons. The van der Waals surface area contributed by atoms with Crippen molar-refractivity contribution in [3.05, 3.63) is 11.3 Å². The maximum atomic E-state index is 5.39. The molecule has 0 radical (unpaired) electrons. The molecule has 0 bridgehead atoms. The van der Waals surface area contributed by atoms with Crippen LogP contribution in [0.4, 0.5) is 0 Å². The van der Waals surface area contributed by atoms with Crippen molar-refractivity contribution >= 4 is 0 Å². The standard InChI is InChI=1S/C15H30N4O/c1-12(2)18(4)10-8-7-9-16-11-14-13(3)17-19(5)15(14)20-6/h12,16H,7-11H2,1-6H3. The molecule has 0 aliphatic rings. The van der Waals surface area contributed by atoms with Gasteiger partial charge in [-0.2, -0.15) is 5.10 Å². The summed E-state index contributed by atoms with van der Waals surface area (Å²) < 4.78 is 7.18. The highest BCUT2D eigenvalue weighted by atomic mass is 16.5. The fraction of sp³-hybridized carbons (Fsp3) is 0.800. The number of hydrogen-bond acceptors (Lipinski definition) is 4.